The summed E-state index contributed by atoms with van der Waals surface area (Å²) in [6, 6.07) is 9.96. The molecule has 2 amide bonds. The lowest BCUT2D eigenvalue weighted by Gasteiger charge is -2.33. The number of nitrogens with one attached hydrogen (secondary N) is 1. The van der Waals surface area contributed by atoms with Crippen molar-refractivity contribution < 1.29 is 9.53 Å². The molecule has 1 aromatic heterocycles. The minimum Gasteiger partial charge on any atom is -0.377 e. The van der Waals surface area contributed by atoms with Crippen LogP contribution in [0.15, 0.2) is 42.7 Å². The Hall–Kier alpha value is -2.34. The Morgan fingerprint density at radius 3 is 2.91 bits per heavy atom. The van der Waals surface area contributed by atoms with Crippen molar-refractivity contribution in [3.8, 4) is 5.69 Å². The number of nitrogens with zero attached hydrogens (tertiary/aromatic N) is 3. The van der Waals surface area contributed by atoms with E-state index >= 15 is 0 Å². The standard InChI is InChI=1S/C16H20N4O2/c1-13-12-22-10-9-19(13)16(21)17-11-14-3-5-15(6-4-14)20-8-2-7-18-20/h2-8,13H,9-12H2,1H3,(H,17,21)/t13-/m0/s1. The molecule has 0 aliphatic carbocycles. The molecular weight excluding hydrogens is 280 g/mol. The second-order valence-electron chi connectivity index (χ2n) is 5.39. The molecule has 2 heterocycles. The molecule has 22 heavy (non-hydrogen) atoms. The third-order valence-electron chi connectivity index (χ3n) is 3.78. The normalized spacial score (nSPS) is 18.2. The highest BCUT2D eigenvalue weighted by atomic mass is 16.5. The maximum Gasteiger partial charge on any atom is 0.318 e. The lowest BCUT2D eigenvalue weighted by atomic mass is 10.2. The Kier molecular flexibility index (Phi) is 4.39. The van der Waals surface area contributed by atoms with E-state index in [0.717, 1.165) is 11.3 Å². The summed E-state index contributed by atoms with van der Waals surface area (Å²) in [5, 5.41) is 7.15. The molecule has 6 heteroatoms. The smallest absolute Gasteiger partial charge is 0.318 e. The van der Waals surface area contributed by atoms with Crippen molar-refractivity contribution in [3.05, 3.63) is 48.3 Å². The summed E-state index contributed by atoms with van der Waals surface area (Å²) in [5.41, 5.74) is 2.06. The summed E-state index contributed by atoms with van der Waals surface area (Å²) in [7, 11) is 0. The number of hydrogen-bond donors (Lipinski definition) is 1. The number of benzene rings is 1. The fraction of sp³-hybridized carbons (Fsp3) is 0.375. The van der Waals surface area contributed by atoms with Gasteiger partial charge in [-0.3, -0.25) is 0 Å². The second-order valence-corrected chi connectivity index (χ2v) is 5.39. The van der Waals surface area contributed by atoms with Gasteiger partial charge in [0.25, 0.3) is 0 Å². The van der Waals surface area contributed by atoms with Gasteiger partial charge in [-0.25, -0.2) is 9.48 Å². The average Bonchev–Trinajstić information content (AvgIpc) is 3.08. The molecule has 3 rings (SSSR count). The minimum absolute atomic E-state index is 0.0352. The van der Waals surface area contributed by atoms with E-state index in [1.807, 2.05) is 48.4 Å². The van der Waals surface area contributed by atoms with E-state index in [1.165, 1.54) is 0 Å². The van der Waals surface area contributed by atoms with Crippen LogP contribution in [0.1, 0.15) is 12.5 Å². The zero-order valence-electron chi connectivity index (χ0n) is 12.6. The molecule has 1 fully saturated rings. The molecule has 0 radical (unpaired) electrons. The Bertz CT molecular complexity index is 610. The highest BCUT2D eigenvalue weighted by Crippen LogP contribution is 2.10. The number of hydrogen-bond acceptors (Lipinski definition) is 3. The summed E-state index contributed by atoms with van der Waals surface area (Å²) in [6.45, 7) is 4.37. The monoisotopic (exact) mass is 300 g/mol. The lowest BCUT2D eigenvalue weighted by Crippen LogP contribution is -2.51. The molecule has 1 aliphatic heterocycles. The van der Waals surface area contributed by atoms with Gasteiger partial charge < -0.3 is 15.0 Å². The van der Waals surface area contributed by atoms with Crippen molar-refractivity contribution in [2.75, 3.05) is 19.8 Å². The summed E-state index contributed by atoms with van der Waals surface area (Å²) < 4.78 is 7.15. The van der Waals surface area contributed by atoms with E-state index in [-0.39, 0.29) is 12.1 Å². The third kappa shape index (κ3) is 3.28. The number of morpholine rings is 1. The molecule has 2 aromatic rings. The van der Waals surface area contributed by atoms with Crippen molar-refractivity contribution in [3.63, 3.8) is 0 Å². The van der Waals surface area contributed by atoms with Crippen molar-refractivity contribution in [2.45, 2.75) is 19.5 Å². The molecule has 116 valence electrons. The van der Waals surface area contributed by atoms with Gasteiger partial charge in [0, 0.05) is 25.5 Å². The summed E-state index contributed by atoms with van der Waals surface area (Å²) in [4.78, 5) is 14.0. The van der Waals surface area contributed by atoms with Crippen LogP contribution in [0.4, 0.5) is 4.79 Å². The number of carbonyl (C=O) groups is 1. The fourth-order valence-electron chi connectivity index (χ4n) is 2.50. The van der Waals surface area contributed by atoms with E-state index in [9.17, 15) is 4.79 Å². The Labute approximate surface area is 129 Å². The molecule has 1 atom stereocenters. The van der Waals surface area contributed by atoms with Crippen LogP contribution in [0, 0.1) is 0 Å². The fourth-order valence-corrected chi connectivity index (χ4v) is 2.50. The molecular formula is C16H20N4O2. The first-order valence-electron chi connectivity index (χ1n) is 7.45. The highest BCUT2D eigenvalue weighted by molar-refractivity contribution is 5.74. The average molecular weight is 300 g/mol. The van der Waals surface area contributed by atoms with Crippen LogP contribution < -0.4 is 5.32 Å². The van der Waals surface area contributed by atoms with Gasteiger partial charge >= 0.3 is 6.03 Å². The SMILES string of the molecule is C[C@H]1COCCN1C(=O)NCc1ccc(-n2cccn2)cc1. The van der Waals surface area contributed by atoms with E-state index in [0.29, 0.717) is 26.3 Å². The van der Waals surface area contributed by atoms with Gasteiger partial charge in [-0.2, -0.15) is 5.10 Å². The van der Waals surface area contributed by atoms with Gasteiger partial charge in [0.15, 0.2) is 0 Å². The Balaban J connectivity index is 1.56. The first kappa shape index (κ1) is 14.6. The van der Waals surface area contributed by atoms with Crippen molar-refractivity contribution in [1.82, 2.24) is 20.0 Å². The molecule has 1 N–H and O–H groups in total. The van der Waals surface area contributed by atoms with Crippen LogP contribution in [0.25, 0.3) is 5.69 Å². The van der Waals surface area contributed by atoms with Gasteiger partial charge in [-0.1, -0.05) is 12.1 Å². The number of rotatable bonds is 3. The molecule has 0 bridgehead atoms. The predicted octanol–water partition coefficient (Wildman–Crippen LogP) is 1.80. The number of urea groups is 1. The predicted molar refractivity (Wildman–Crippen MR) is 82.8 cm³/mol. The van der Waals surface area contributed by atoms with Crippen LogP contribution in [0.5, 0.6) is 0 Å². The largest absolute Gasteiger partial charge is 0.377 e. The van der Waals surface area contributed by atoms with Gasteiger partial charge in [0.1, 0.15) is 0 Å². The third-order valence-corrected chi connectivity index (χ3v) is 3.78. The Morgan fingerprint density at radius 1 is 1.41 bits per heavy atom. The van der Waals surface area contributed by atoms with Gasteiger partial charge in [-0.15, -0.1) is 0 Å². The van der Waals surface area contributed by atoms with Gasteiger partial charge in [0.05, 0.1) is 24.9 Å². The van der Waals surface area contributed by atoms with Crippen molar-refractivity contribution in [1.29, 1.82) is 0 Å². The van der Waals surface area contributed by atoms with E-state index in [4.69, 9.17) is 4.74 Å². The highest BCUT2D eigenvalue weighted by Gasteiger charge is 2.23. The maximum atomic E-state index is 12.2. The van der Waals surface area contributed by atoms with Gasteiger partial charge in [-0.05, 0) is 30.7 Å². The first-order chi connectivity index (χ1) is 10.7. The summed E-state index contributed by atoms with van der Waals surface area (Å²) >= 11 is 0. The van der Waals surface area contributed by atoms with E-state index < -0.39 is 0 Å². The van der Waals surface area contributed by atoms with Crippen molar-refractivity contribution in [2.24, 2.45) is 0 Å². The van der Waals surface area contributed by atoms with E-state index in [2.05, 4.69) is 10.4 Å². The molecule has 0 unspecified atom stereocenters. The molecule has 0 spiro atoms. The number of amides is 2. The summed E-state index contributed by atoms with van der Waals surface area (Å²) in [6.07, 6.45) is 3.65. The van der Waals surface area contributed by atoms with Crippen LogP contribution in [0.3, 0.4) is 0 Å². The van der Waals surface area contributed by atoms with Crippen molar-refractivity contribution >= 4 is 6.03 Å². The number of ether oxygens (including phenoxy) is 1. The lowest BCUT2D eigenvalue weighted by molar-refractivity contribution is 0.0190. The number of carbonyl (C=O) groups excluding carboxylic acids is 1. The number of aromatic nitrogens is 2. The molecule has 1 aliphatic rings. The molecule has 1 aromatic carbocycles. The topological polar surface area (TPSA) is 59.4 Å². The summed E-state index contributed by atoms with van der Waals surface area (Å²) in [5.74, 6) is 0. The molecule has 6 nitrogen and oxygen atoms in total. The maximum absolute atomic E-state index is 12.2. The molecule has 1 saturated heterocycles. The first-order valence-corrected chi connectivity index (χ1v) is 7.45. The minimum atomic E-state index is -0.0352. The quantitative estimate of drug-likeness (QED) is 0.940. The molecule has 0 saturated carbocycles. The van der Waals surface area contributed by atoms with Crippen LogP contribution in [-0.4, -0.2) is 46.5 Å². The Morgan fingerprint density at radius 2 is 2.23 bits per heavy atom. The zero-order chi connectivity index (χ0) is 15.4. The van der Waals surface area contributed by atoms with Crippen LogP contribution >= 0.6 is 0 Å². The zero-order valence-corrected chi connectivity index (χ0v) is 12.6. The van der Waals surface area contributed by atoms with Crippen LogP contribution in [0.2, 0.25) is 0 Å². The van der Waals surface area contributed by atoms with E-state index in [1.54, 1.807) is 10.9 Å². The van der Waals surface area contributed by atoms with Gasteiger partial charge in [0.2, 0.25) is 0 Å². The second kappa shape index (κ2) is 6.62. The van der Waals surface area contributed by atoms with Crippen LogP contribution in [-0.2, 0) is 11.3 Å².